The molecule has 0 aliphatic carbocycles. The van der Waals surface area contributed by atoms with Crippen molar-refractivity contribution in [2.24, 2.45) is 17.8 Å². The highest BCUT2D eigenvalue weighted by Gasteiger charge is 2.20. The first-order chi connectivity index (χ1) is 17.9. The molecule has 0 saturated heterocycles. The number of aryl methyl sites for hydroxylation is 1. The third-order valence-corrected chi connectivity index (χ3v) is 5.75. The minimum atomic E-state index is -0.453. The van der Waals surface area contributed by atoms with Gasteiger partial charge in [-0.25, -0.2) is 19.4 Å². The molecule has 0 saturated carbocycles. The molecule has 4 rings (SSSR count). The Balaban J connectivity index is 1.84. The lowest BCUT2D eigenvalue weighted by molar-refractivity contribution is 0.0964. The summed E-state index contributed by atoms with van der Waals surface area (Å²) >= 11 is 0. The second kappa shape index (κ2) is 11.0. The standard InChI is InChI=1S/C26H29FN8O2/c1-5-37-14-22-32-20(13-35(22)4)16-8-6-7-15(23(16)27)19-11-17-18(26(36)30-3)12-31-25(24(17)33-19)34-21(28)9-10-29-2/h6-13,29,33H,5,14H2,1-4H3,(H,30,36)(H2,28,31,34)/b10-9-. The number of aromatic amines is 1. The molecule has 0 spiro atoms. The first kappa shape index (κ1) is 25.6. The fraction of sp³-hybridized carbons (Fsp3) is 0.231. The van der Waals surface area contributed by atoms with Gasteiger partial charge in [-0.15, -0.1) is 0 Å². The number of hydrogen-bond donors (Lipinski definition) is 4. The van der Waals surface area contributed by atoms with Gasteiger partial charge in [0.1, 0.15) is 24.1 Å². The zero-order chi connectivity index (χ0) is 26.5. The van der Waals surface area contributed by atoms with Gasteiger partial charge in [0.15, 0.2) is 5.82 Å². The van der Waals surface area contributed by atoms with Crippen molar-refractivity contribution in [3.63, 3.8) is 0 Å². The van der Waals surface area contributed by atoms with Gasteiger partial charge >= 0.3 is 0 Å². The van der Waals surface area contributed by atoms with Crippen molar-refractivity contribution >= 4 is 28.5 Å². The van der Waals surface area contributed by atoms with E-state index in [0.29, 0.717) is 58.0 Å². The summed E-state index contributed by atoms with van der Waals surface area (Å²) in [6.07, 6.45) is 6.41. The van der Waals surface area contributed by atoms with Crippen LogP contribution in [0.3, 0.4) is 0 Å². The number of amidine groups is 1. The molecule has 0 unspecified atom stereocenters. The molecule has 3 aromatic heterocycles. The SMILES string of the molecule is CCOCc1nc(-c2cccc(-c3cc4c(C(=O)NC)cnc(N=C(N)/C=C\NC)c4[nH]3)c2F)cn1C. The number of ether oxygens (including phenoxy) is 1. The first-order valence-corrected chi connectivity index (χ1v) is 11.7. The van der Waals surface area contributed by atoms with Gasteiger partial charge in [-0.1, -0.05) is 6.07 Å². The first-order valence-electron chi connectivity index (χ1n) is 11.7. The van der Waals surface area contributed by atoms with Gasteiger partial charge in [0.25, 0.3) is 5.91 Å². The van der Waals surface area contributed by atoms with Crippen molar-refractivity contribution in [3.05, 3.63) is 66.1 Å². The number of nitrogens with one attached hydrogen (secondary N) is 3. The van der Waals surface area contributed by atoms with Crippen molar-refractivity contribution in [2.75, 3.05) is 20.7 Å². The minimum absolute atomic E-state index is 0.207. The van der Waals surface area contributed by atoms with E-state index < -0.39 is 5.82 Å². The molecule has 1 amide bonds. The summed E-state index contributed by atoms with van der Waals surface area (Å²) in [7, 11) is 5.12. The fourth-order valence-electron chi connectivity index (χ4n) is 3.88. The smallest absolute Gasteiger partial charge is 0.253 e. The van der Waals surface area contributed by atoms with Crippen LogP contribution in [0.1, 0.15) is 23.1 Å². The summed E-state index contributed by atoms with van der Waals surface area (Å²) in [5.74, 6) is 0.394. The number of fused-ring (bicyclic) bond motifs is 1. The van der Waals surface area contributed by atoms with Gasteiger partial charge in [0.2, 0.25) is 0 Å². The fourth-order valence-corrected chi connectivity index (χ4v) is 3.88. The molecule has 0 aliphatic rings. The number of H-pyrrole nitrogens is 1. The van der Waals surface area contributed by atoms with E-state index in [-0.39, 0.29) is 17.6 Å². The van der Waals surface area contributed by atoms with Crippen molar-refractivity contribution in [2.45, 2.75) is 13.5 Å². The zero-order valence-corrected chi connectivity index (χ0v) is 21.1. The van der Waals surface area contributed by atoms with Crippen molar-refractivity contribution in [1.29, 1.82) is 0 Å². The van der Waals surface area contributed by atoms with Crippen LogP contribution in [0.25, 0.3) is 33.4 Å². The second-order valence-corrected chi connectivity index (χ2v) is 8.16. The Morgan fingerprint density at radius 3 is 2.84 bits per heavy atom. The molecule has 3 heterocycles. The van der Waals surface area contributed by atoms with E-state index in [0.717, 1.165) is 0 Å². The van der Waals surface area contributed by atoms with Gasteiger partial charge in [-0.3, -0.25) is 4.79 Å². The number of nitrogens with zero attached hydrogens (tertiary/aromatic N) is 4. The lowest BCUT2D eigenvalue weighted by atomic mass is 10.0. The zero-order valence-electron chi connectivity index (χ0n) is 21.1. The maximum Gasteiger partial charge on any atom is 0.253 e. The van der Waals surface area contributed by atoms with E-state index in [1.807, 2.05) is 18.5 Å². The van der Waals surface area contributed by atoms with Crippen LogP contribution in [0.15, 0.2) is 53.9 Å². The average Bonchev–Trinajstić information content (AvgIpc) is 3.50. The van der Waals surface area contributed by atoms with Crippen molar-refractivity contribution in [1.82, 2.24) is 30.2 Å². The number of hydrogen-bond acceptors (Lipinski definition) is 6. The number of halogens is 1. The molecule has 1 aromatic carbocycles. The Hall–Kier alpha value is -4.51. The maximum atomic E-state index is 15.9. The van der Waals surface area contributed by atoms with E-state index in [9.17, 15) is 4.79 Å². The molecule has 10 nitrogen and oxygen atoms in total. The molecule has 0 fully saturated rings. The minimum Gasteiger partial charge on any atom is -0.394 e. The quantitative estimate of drug-likeness (QED) is 0.204. The molecule has 192 valence electrons. The molecule has 5 N–H and O–H groups in total. The topological polar surface area (TPSA) is 135 Å². The summed E-state index contributed by atoms with van der Waals surface area (Å²) < 4.78 is 23.2. The van der Waals surface area contributed by atoms with Gasteiger partial charge < -0.3 is 30.7 Å². The van der Waals surface area contributed by atoms with Crippen LogP contribution in [0, 0.1) is 5.82 Å². The number of pyridine rings is 1. The van der Waals surface area contributed by atoms with Crippen molar-refractivity contribution < 1.29 is 13.9 Å². The molecule has 0 bridgehead atoms. The number of nitrogens with two attached hydrogens (primary N) is 1. The van der Waals surface area contributed by atoms with Crippen LogP contribution in [0.5, 0.6) is 0 Å². The van der Waals surface area contributed by atoms with Gasteiger partial charge in [0.05, 0.1) is 16.8 Å². The van der Waals surface area contributed by atoms with Gasteiger partial charge in [-0.05, 0) is 37.4 Å². The second-order valence-electron chi connectivity index (χ2n) is 8.16. The number of amides is 1. The van der Waals surface area contributed by atoms with Crippen LogP contribution in [-0.4, -0.2) is 52.0 Å². The Bertz CT molecular complexity index is 1500. The van der Waals surface area contributed by atoms with Crippen LogP contribution in [0.2, 0.25) is 0 Å². The van der Waals surface area contributed by atoms with E-state index in [4.69, 9.17) is 10.5 Å². The highest BCUT2D eigenvalue weighted by molar-refractivity contribution is 6.10. The van der Waals surface area contributed by atoms with E-state index in [1.54, 1.807) is 49.8 Å². The molecule has 37 heavy (non-hydrogen) atoms. The van der Waals surface area contributed by atoms with Crippen LogP contribution in [0.4, 0.5) is 10.2 Å². The van der Waals surface area contributed by atoms with Crippen molar-refractivity contribution in [3.8, 4) is 22.5 Å². The molecular weight excluding hydrogens is 475 g/mol. The molecule has 0 atom stereocenters. The maximum absolute atomic E-state index is 15.9. The third-order valence-electron chi connectivity index (χ3n) is 5.75. The van der Waals surface area contributed by atoms with Crippen LogP contribution >= 0.6 is 0 Å². The number of imidazole rings is 1. The lowest BCUT2D eigenvalue weighted by Gasteiger charge is -2.05. The Morgan fingerprint density at radius 1 is 1.32 bits per heavy atom. The monoisotopic (exact) mass is 504 g/mol. The highest BCUT2D eigenvalue weighted by atomic mass is 19.1. The van der Waals surface area contributed by atoms with Crippen LogP contribution in [-0.2, 0) is 18.4 Å². The van der Waals surface area contributed by atoms with Crippen LogP contribution < -0.4 is 16.4 Å². The number of aliphatic imine (C=N–C) groups is 1. The number of rotatable bonds is 9. The lowest BCUT2D eigenvalue weighted by Crippen LogP contribution is -2.18. The predicted octanol–water partition coefficient (Wildman–Crippen LogP) is 3.39. The number of carbonyl (C=O) groups excluding carboxylic acids is 1. The van der Waals surface area contributed by atoms with E-state index in [1.165, 1.54) is 13.2 Å². The summed E-state index contributed by atoms with van der Waals surface area (Å²) in [5.41, 5.74) is 8.38. The Labute approximate surface area is 213 Å². The Kier molecular flexibility index (Phi) is 7.63. The molecule has 0 aliphatic heterocycles. The van der Waals surface area contributed by atoms with Gasteiger partial charge in [-0.2, -0.15) is 0 Å². The van der Waals surface area contributed by atoms with E-state index in [2.05, 4.69) is 30.6 Å². The Morgan fingerprint density at radius 2 is 2.11 bits per heavy atom. The molecule has 11 heteroatoms. The summed E-state index contributed by atoms with van der Waals surface area (Å²) in [6, 6.07) is 6.80. The summed E-state index contributed by atoms with van der Waals surface area (Å²) in [6.45, 7) is 2.80. The van der Waals surface area contributed by atoms with E-state index >= 15 is 4.39 Å². The molecule has 4 aromatic rings. The predicted molar refractivity (Wildman–Crippen MR) is 142 cm³/mol. The average molecular weight is 505 g/mol. The summed E-state index contributed by atoms with van der Waals surface area (Å²) in [5, 5.41) is 5.99. The number of aromatic nitrogens is 4. The summed E-state index contributed by atoms with van der Waals surface area (Å²) in [4.78, 5) is 29.0. The normalized spacial score (nSPS) is 12.0. The number of carbonyl (C=O) groups is 1. The molecular formula is C26H29FN8O2. The third kappa shape index (κ3) is 5.21. The van der Waals surface area contributed by atoms with Gasteiger partial charge in [0, 0.05) is 62.4 Å². The largest absolute Gasteiger partial charge is 0.394 e. The number of benzene rings is 1. The molecule has 0 radical (unpaired) electrons. The highest BCUT2D eigenvalue weighted by Crippen LogP contribution is 2.35.